The van der Waals surface area contributed by atoms with Crippen LogP contribution in [0.4, 0.5) is 8.78 Å². The summed E-state index contributed by atoms with van der Waals surface area (Å²) < 4.78 is 29.6. The van der Waals surface area contributed by atoms with Gasteiger partial charge >= 0.3 is 5.97 Å². The second-order valence-corrected chi connectivity index (χ2v) is 3.84. The first-order valence-electron chi connectivity index (χ1n) is 4.12. The van der Waals surface area contributed by atoms with Gasteiger partial charge in [-0.2, -0.15) is 0 Å². The Morgan fingerprint density at radius 2 is 2.31 bits per heavy atom. The highest BCUT2D eigenvalue weighted by Gasteiger charge is 2.23. The number of nitrogens with zero attached hydrogens (tertiary/aromatic N) is 1. The normalized spacial score (nSPS) is 10.6. The minimum absolute atomic E-state index is 0.0278. The molecule has 1 aromatic rings. The maximum Gasteiger partial charge on any atom is 0.340 e. The Balaban J connectivity index is 3.40. The van der Waals surface area contributed by atoms with Gasteiger partial charge in [0.05, 0.1) is 29.8 Å². The van der Waals surface area contributed by atoms with Crippen molar-refractivity contribution in [2.75, 3.05) is 7.11 Å². The lowest BCUT2D eigenvalue weighted by Crippen LogP contribution is -2.10. The zero-order valence-electron chi connectivity index (χ0n) is 8.14. The van der Waals surface area contributed by atoms with Crippen molar-refractivity contribution >= 4 is 33.5 Å². The highest BCUT2D eigenvalue weighted by atomic mass is 79.9. The van der Waals surface area contributed by atoms with E-state index >= 15 is 0 Å². The van der Waals surface area contributed by atoms with E-state index in [0.717, 1.165) is 13.3 Å². The molecule has 0 unspecified atom stereocenters. The Morgan fingerprint density at radius 1 is 1.69 bits per heavy atom. The lowest BCUT2D eigenvalue weighted by molar-refractivity contribution is 0.0597. The Hall–Kier alpha value is -0.750. The molecule has 0 aliphatic carbocycles. The summed E-state index contributed by atoms with van der Waals surface area (Å²) in [7, 11) is 1.15. The molecule has 1 aromatic heterocycles. The highest BCUT2D eigenvalue weighted by Crippen LogP contribution is 2.31. The van der Waals surface area contributed by atoms with E-state index in [-0.39, 0.29) is 27.2 Å². The molecular formula is C9H7BrClF2NO2. The highest BCUT2D eigenvalue weighted by molar-refractivity contribution is 9.10. The molecule has 0 fully saturated rings. The number of rotatable bonds is 3. The molecule has 3 nitrogen and oxygen atoms in total. The molecule has 0 aliphatic rings. The number of aromatic nitrogens is 1. The van der Waals surface area contributed by atoms with Crippen LogP contribution in [0.25, 0.3) is 0 Å². The number of pyridine rings is 1. The average molecular weight is 315 g/mol. The fourth-order valence-corrected chi connectivity index (χ4v) is 1.97. The number of halogens is 4. The van der Waals surface area contributed by atoms with Gasteiger partial charge in [0.15, 0.2) is 0 Å². The van der Waals surface area contributed by atoms with E-state index in [1.807, 2.05) is 0 Å². The van der Waals surface area contributed by atoms with E-state index in [4.69, 9.17) is 11.6 Å². The molecule has 0 aromatic carbocycles. The van der Waals surface area contributed by atoms with Crippen molar-refractivity contribution < 1.29 is 18.3 Å². The summed E-state index contributed by atoms with van der Waals surface area (Å²) in [4.78, 5) is 15.1. The summed E-state index contributed by atoms with van der Waals surface area (Å²) in [5.74, 6) is -0.815. The zero-order valence-corrected chi connectivity index (χ0v) is 10.5. The van der Waals surface area contributed by atoms with Crippen LogP contribution in [0.2, 0.25) is 0 Å². The van der Waals surface area contributed by atoms with Crippen molar-refractivity contribution in [3.8, 4) is 0 Å². The number of alkyl halides is 3. The molecule has 7 heteroatoms. The first-order chi connectivity index (χ1) is 7.52. The van der Waals surface area contributed by atoms with Gasteiger partial charge in [0.25, 0.3) is 6.43 Å². The smallest absolute Gasteiger partial charge is 0.340 e. The third-order valence-electron chi connectivity index (χ3n) is 1.87. The van der Waals surface area contributed by atoms with Crippen molar-refractivity contribution in [1.29, 1.82) is 0 Å². The molecule has 0 aliphatic heterocycles. The van der Waals surface area contributed by atoms with Gasteiger partial charge in [-0.05, 0) is 15.9 Å². The van der Waals surface area contributed by atoms with Crippen molar-refractivity contribution in [2.45, 2.75) is 12.3 Å². The third kappa shape index (κ3) is 2.49. The first kappa shape index (κ1) is 13.3. The van der Waals surface area contributed by atoms with E-state index in [2.05, 4.69) is 25.7 Å². The summed E-state index contributed by atoms with van der Waals surface area (Å²) in [5, 5.41) is 0. The minimum atomic E-state index is -2.73. The lowest BCUT2D eigenvalue weighted by atomic mass is 10.1. The van der Waals surface area contributed by atoms with E-state index in [9.17, 15) is 13.6 Å². The topological polar surface area (TPSA) is 39.2 Å². The van der Waals surface area contributed by atoms with Crippen LogP contribution >= 0.6 is 27.5 Å². The van der Waals surface area contributed by atoms with Crippen molar-refractivity contribution in [3.05, 3.63) is 27.5 Å². The van der Waals surface area contributed by atoms with Crippen molar-refractivity contribution in [1.82, 2.24) is 4.98 Å². The maximum absolute atomic E-state index is 12.6. The molecule has 0 N–H and O–H groups in total. The van der Waals surface area contributed by atoms with Gasteiger partial charge in [-0.3, -0.25) is 4.98 Å². The van der Waals surface area contributed by atoms with Crippen LogP contribution in [0.3, 0.4) is 0 Å². The third-order valence-corrected chi connectivity index (χ3v) is 2.98. The Bertz CT molecular complexity index is 415. The number of hydrogen-bond acceptors (Lipinski definition) is 3. The predicted octanol–water partition coefficient (Wildman–Crippen LogP) is 3.31. The quantitative estimate of drug-likeness (QED) is 0.635. The van der Waals surface area contributed by atoms with Gasteiger partial charge < -0.3 is 4.74 Å². The molecule has 1 heterocycles. The Labute approximate surface area is 104 Å². The summed E-state index contributed by atoms with van der Waals surface area (Å²) in [6.07, 6.45) is -1.74. The average Bonchev–Trinajstić information content (AvgIpc) is 2.26. The van der Waals surface area contributed by atoms with Crippen LogP contribution in [-0.4, -0.2) is 18.1 Å². The summed E-state index contributed by atoms with van der Waals surface area (Å²) in [6.45, 7) is 0. The second kappa shape index (κ2) is 5.54. The number of carbonyl (C=O) groups excluding carboxylic acids is 1. The van der Waals surface area contributed by atoms with Crippen LogP contribution in [-0.2, 0) is 10.6 Å². The van der Waals surface area contributed by atoms with Crippen molar-refractivity contribution in [3.63, 3.8) is 0 Å². The molecule has 0 amide bonds. The van der Waals surface area contributed by atoms with E-state index in [1.54, 1.807) is 0 Å². The monoisotopic (exact) mass is 313 g/mol. The molecule has 0 radical (unpaired) electrons. The molecule has 0 bridgehead atoms. The van der Waals surface area contributed by atoms with Gasteiger partial charge in [-0.15, -0.1) is 11.6 Å². The van der Waals surface area contributed by atoms with Gasteiger partial charge in [-0.1, -0.05) is 0 Å². The fourth-order valence-electron chi connectivity index (χ4n) is 1.10. The number of hydrogen-bond donors (Lipinski definition) is 0. The van der Waals surface area contributed by atoms with Crippen molar-refractivity contribution in [2.24, 2.45) is 0 Å². The van der Waals surface area contributed by atoms with E-state index in [1.165, 1.54) is 0 Å². The SMILES string of the molecule is COC(=O)c1c(CCl)ncc(C(F)F)c1Br. The molecule has 88 valence electrons. The Kier molecular flexibility index (Phi) is 4.61. The molecule has 0 atom stereocenters. The van der Waals surface area contributed by atoms with Crippen LogP contribution in [0.5, 0.6) is 0 Å². The van der Waals surface area contributed by atoms with Gasteiger partial charge in [-0.25, -0.2) is 13.6 Å². The molecule has 1 rings (SSSR count). The summed E-state index contributed by atoms with van der Waals surface area (Å²) in [6, 6.07) is 0. The molecule has 0 spiro atoms. The lowest BCUT2D eigenvalue weighted by Gasteiger charge is -2.10. The first-order valence-corrected chi connectivity index (χ1v) is 5.45. The van der Waals surface area contributed by atoms with Gasteiger partial charge in [0, 0.05) is 10.7 Å². The predicted molar refractivity (Wildman–Crippen MR) is 57.8 cm³/mol. The fraction of sp³-hybridized carbons (Fsp3) is 0.333. The molecule has 0 saturated heterocycles. The largest absolute Gasteiger partial charge is 0.465 e. The molecular weight excluding hydrogens is 307 g/mol. The van der Waals surface area contributed by atoms with E-state index < -0.39 is 12.4 Å². The summed E-state index contributed by atoms with van der Waals surface area (Å²) >= 11 is 8.49. The second-order valence-electron chi connectivity index (χ2n) is 2.78. The Morgan fingerprint density at radius 3 is 2.75 bits per heavy atom. The number of methoxy groups -OCH3 is 1. The van der Waals surface area contributed by atoms with Gasteiger partial charge in [0.1, 0.15) is 0 Å². The maximum atomic E-state index is 12.6. The van der Waals surface area contributed by atoms with Crippen LogP contribution < -0.4 is 0 Å². The molecule has 16 heavy (non-hydrogen) atoms. The molecule has 0 saturated carbocycles. The number of esters is 1. The van der Waals surface area contributed by atoms with Gasteiger partial charge in [0.2, 0.25) is 0 Å². The number of carbonyl (C=O) groups is 1. The minimum Gasteiger partial charge on any atom is -0.465 e. The van der Waals surface area contributed by atoms with Crippen LogP contribution in [0.15, 0.2) is 10.7 Å². The van der Waals surface area contributed by atoms with Crippen LogP contribution in [0.1, 0.15) is 28.0 Å². The van der Waals surface area contributed by atoms with E-state index in [0.29, 0.717) is 0 Å². The van der Waals surface area contributed by atoms with Crippen LogP contribution in [0, 0.1) is 0 Å². The zero-order chi connectivity index (χ0) is 12.3. The standard InChI is InChI=1S/C9H7BrClF2NO2/c1-16-9(15)6-5(2-11)14-3-4(7(6)10)8(12)13/h3,8H,2H2,1H3. The summed E-state index contributed by atoms with van der Waals surface area (Å²) in [5.41, 5.74) is -0.227. The number of ether oxygens (including phenoxy) is 1.